The Balaban J connectivity index is 1.58. The molecule has 5 nitrogen and oxygen atoms in total. The zero-order valence-electron chi connectivity index (χ0n) is 20.9. The molecule has 1 N–H and O–H groups in total. The number of benzene rings is 3. The second-order valence-electron chi connectivity index (χ2n) is 9.81. The second-order valence-corrected chi connectivity index (χ2v) is 10.8. The van der Waals surface area contributed by atoms with Gasteiger partial charge in [0.15, 0.2) is 11.0 Å². The number of thioether (sulfide) groups is 1. The topological polar surface area (TPSA) is 59.8 Å². The summed E-state index contributed by atoms with van der Waals surface area (Å²) in [5.74, 6) is 1.35. The van der Waals surface area contributed by atoms with Crippen molar-refractivity contribution in [3.63, 3.8) is 0 Å². The first-order valence-electron chi connectivity index (χ1n) is 11.8. The summed E-state index contributed by atoms with van der Waals surface area (Å²) in [7, 11) is 0. The summed E-state index contributed by atoms with van der Waals surface area (Å²) in [4.78, 5) is 13.0. The van der Waals surface area contributed by atoms with E-state index in [2.05, 4.69) is 79.6 Å². The van der Waals surface area contributed by atoms with Crippen molar-refractivity contribution in [2.45, 2.75) is 57.0 Å². The normalized spacial score (nSPS) is 12.4. The molecule has 6 heteroatoms. The Morgan fingerprint density at radius 3 is 2.23 bits per heavy atom. The summed E-state index contributed by atoms with van der Waals surface area (Å²) >= 11 is 1.63. The molecule has 180 valence electrons. The van der Waals surface area contributed by atoms with Gasteiger partial charge in [0.25, 0.3) is 5.91 Å². The van der Waals surface area contributed by atoms with E-state index in [0.717, 1.165) is 16.6 Å². The van der Waals surface area contributed by atoms with Gasteiger partial charge in [0.05, 0.1) is 6.04 Å². The molecular formula is C29H32N4OS. The number of carbonyl (C=O) groups excluding carboxylic acids is 1. The van der Waals surface area contributed by atoms with Gasteiger partial charge in [-0.1, -0.05) is 92.7 Å². The largest absolute Gasteiger partial charge is 0.342 e. The molecule has 4 aromatic rings. The monoisotopic (exact) mass is 484 g/mol. The lowest BCUT2D eigenvalue weighted by Gasteiger charge is -2.19. The summed E-state index contributed by atoms with van der Waals surface area (Å²) < 4.78 is 2.04. The zero-order valence-corrected chi connectivity index (χ0v) is 21.8. The summed E-state index contributed by atoms with van der Waals surface area (Å²) in [5, 5.41) is 12.9. The number of nitrogens with zero attached hydrogens (tertiary/aromatic N) is 3. The van der Waals surface area contributed by atoms with E-state index in [-0.39, 0.29) is 17.4 Å². The van der Waals surface area contributed by atoms with E-state index in [1.807, 2.05) is 54.0 Å². The molecule has 0 saturated heterocycles. The van der Waals surface area contributed by atoms with Crippen molar-refractivity contribution in [3.05, 3.63) is 107 Å². The minimum atomic E-state index is -0.329. The molecule has 1 unspecified atom stereocenters. The Morgan fingerprint density at radius 2 is 1.60 bits per heavy atom. The van der Waals surface area contributed by atoms with Crippen molar-refractivity contribution >= 4 is 17.7 Å². The number of rotatable bonds is 7. The maximum Gasteiger partial charge on any atom is 0.251 e. The first kappa shape index (κ1) is 24.7. The third-order valence-corrected chi connectivity index (χ3v) is 6.91. The van der Waals surface area contributed by atoms with Gasteiger partial charge < -0.3 is 5.32 Å². The third kappa shape index (κ3) is 6.01. The minimum Gasteiger partial charge on any atom is -0.342 e. The van der Waals surface area contributed by atoms with Crippen LogP contribution in [0.25, 0.3) is 5.69 Å². The minimum absolute atomic E-state index is 0.0422. The van der Waals surface area contributed by atoms with Crippen LogP contribution in [0.4, 0.5) is 0 Å². The van der Waals surface area contributed by atoms with Gasteiger partial charge in [-0.2, -0.15) is 0 Å². The van der Waals surface area contributed by atoms with Gasteiger partial charge >= 0.3 is 0 Å². The lowest BCUT2D eigenvalue weighted by Crippen LogP contribution is -2.28. The molecule has 0 bridgehead atoms. The fourth-order valence-corrected chi connectivity index (χ4v) is 4.69. The molecule has 3 aromatic carbocycles. The molecular weight excluding hydrogens is 452 g/mol. The maximum atomic E-state index is 13.0. The van der Waals surface area contributed by atoms with E-state index in [0.29, 0.717) is 11.4 Å². The van der Waals surface area contributed by atoms with Gasteiger partial charge in [0.2, 0.25) is 0 Å². The quantitative estimate of drug-likeness (QED) is 0.298. The van der Waals surface area contributed by atoms with Crippen LogP contribution in [0.3, 0.4) is 0 Å². The summed E-state index contributed by atoms with van der Waals surface area (Å²) in [6.07, 6.45) is 0. The van der Waals surface area contributed by atoms with Crippen LogP contribution in [0.15, 0.2) is 84.0 Å². The van der Waals surface area contributed by atoms with Crippen molar-refractivity contribution in [1.29, 1.82) is 0 Å². The molecule has 1 aromatic heterocycles. The number of nitrogens with one attached hydrogen (secondary N) is 1. The first-order valence-corrected chi connectivity index (χ1v) is 12.8. The molecule has 0 spiro atoms. The highest BCUT2D eigenvalue weighted by atomic mass is 32.2. The third-order valence-electron chi connectivity index (χ3n) is 5.91. The van der Waals surface area contributed by atoms with Crippen molar-refractivity contribution in [3.8, 4) is 5.69 Å². The lowest BCUT2D eigenvalue weighted by atomic mass is 9.86. The molecule has 0 aliphatic carbocycles. The zero-order chi connectivity index (χ0) is 25.0. The number of amides is 1. The van der Waals surface area contributed by atoms with Gasteiger partial charge in [-0.3, -0.25) is 9.36 Å². The Bertz CT molecular complexity index is 1270. The standard InChI is InChI=1S/C29H32N4OS/c1-20-11-17-25(18-12-20)33-26(31-32-28(33)35-19-22-9-7-6-8-10-22)21(2)30-27(34)23-13-15-24(16-14-23)29(3,4)5/h6-18,21H,19H2,1-5H3,(H,30,34). The smallest absolute Gasteiger partial charge is 0.251 e. The van der Waals surface area contributed by atoms with Crippen LogP contribution in [0.2, 0.25) is 0 Å². The molecule has 0 aliphatic rings. The average Bonchev–Trinajstić information content (AvgIpc) is 3.27. The predicted octanol–water partition coefficient (Wildman–Crippen LogP) is 6.66. The number of aromatic nitrogens is 3. The average molecular weight is 485 g/mol. The Morgan fingerprint density at radius 1 is 0.943 bits per heavy atom. The van der Waals surface area contributed by atoms with E-state index in [9.17, 15) is 4.79 Å². The number of hydrogen-bond donors (Lipinski definition) is 1. The number of carbonyl (C=O) groups is 1. The second kappa shape index (κ2) is 10.5. The van der Waals surface area contributed by atoms with Crippen LogP contribution in [0, 0.1) is 6.92 Å². The number of hydrogen-bond acceptors (Lipinski definition) is 4. The molecule has 0 radical (unpaired) electrons. The van der Waals surface area contributed by atoms with E-state index in [1.165, 1.54) is 16.7 Å². The van der Waals surface area contributed by atoms with Gasteiger partial charge in [0, 0.05) is 17.0 Å². The molecule has 1 atom stereocenters. The van der Waals surface area contributed by atoms with Gasteiger partial charge in [-0.05, 0) is 54.7 Å². The van der Waals surface area contributed by atoms with E-state index >= 15 is 0 Å². The van der Waals surface area contributed by atoms with Crippen LogP contribution in [-0.4, -0.2) is 20.7 Å². The van der Waals surface area contributed by atoms with Crippen molar-refractivity contribution < 1.29 is 4.79 Å². The van der Waals surface area contributed by atoms with Gasteiger partial charge in [0.1, 0.15) is 0 Å². The lowest BCUT2D eigenvalue weighted by molar-refractivity contribution is 0.0938. The maximum absolute atomic E-state index is 13.0. The Hall–Kier alpha value is -3.38. The summed E-state index contributed by atoms with van der Waals surface area (Å²) in [5.41, 5.74) is 5.24. The Kier molecular flexibility index (Phi) is 7.41. The summed E-state index contributed by atoms with van der Waals surface area (Å²) in [6, 6.07) is 26.1. The SMILES string of the molecule is Cc1ccc(-n2c(SCc3ccccc3)nnc2C(C)NC(=O)c2ccc(C(C)(C)C)cc2)cc1. The highest BCUT2D eigenvalue weighted by Gasteiger charge is 2.22. The molecule has 0 aliphatic heterocycles. The fraction of sp³-hybridized carbons (Fsp3) is 0.276. The highest BCUT2D eigenvalue weighted by Crippen LogP contribution is 2.28. The molecule has 35 heavy (non-hydrogen) atoms. The van der Waals surface area contributed by atoms with Crippen LogP contribution in [0.1, 0.15) is 66.6 Å². The first-order chi connectivity index (χ1) is 16.7. The van der Waals surface area contributed by atoms with E-state index < -0.39 is 0 Å². The van der Waals surface area contributed by atoms with Crippen molar-refractivity contribution in [2.75, 3.05) is 0 Å². The van der Waals surface area contributed by atoms with Crippen molar-refractivity contribution in [2.24, 2.45) is 0 Å². The molecule has 0 saturated carbocycles. The van der Waals surface area contributed by atoms with Crippen LogP contribution in [-0.2, 0) is 11.2 Å². The molecule has 4 rings (SSSR count). The van der Waals surface area contributed by atoms with Crippen LogP contribution in [0.5, 0.6) is 0 Å². The molecule has 1 heterocycles. The van der Waals surface area contributed by atoms with Gasteiger partial charge in [-0.15, -0.1) is 10.2 Å². The van der Waals surface area contributed by atoms with Crippen LogP contribution < -0.4 is 5.32 Å². The fourth-order valence-electron chi connectivity index (χ4n) is 3.78. The Labute approximate surface area is 212 Å². The molecule has 0 fully saturated rings. The summed E-state index contributed by atoms with van der Waals surface area (Å²) in [6.45, 7) is 10.5. The van der Waals surface area contributed by atoms with E-state index in [4.69, 9.17) is 0 Å². The molecule has 1 amide bonds. The van der Waals surface area contributed by atoms with E-state index in [1.54, 1.807) is 11.8 Å². The van der Waals surface area contributed by atoms with Gasteiger partial charge in [-0.25, -0.2) is 0 Å². The highest BCUT2D eigenvalue weighted by molar-refractivity contribution is 7.98. The number of aryl methyl sites for hydroxylation is 1. The van der Waals surface area contributed by atoms with Crippen LogP contribution >= 0.6 is 11.8 Å². The van der Waals surface area contributed by atoms with Crippen molar-refractivity contribution in [1.82, 2.24) is 20.1 Å². The predicted molar refractivity (Wildman–Crippen MR) is 143 cm³/mol.